The van der Waals surface area contributed by atoms with Crippen LogP contribution in [0.4, 0.5) is 17.5 Å². The van der Waals surface area contributed by atoms with Gasteiger partial charge in [-0.15, -0.1) is 0 Å². The number of nitrogens with zero attached hydrogens (tertiary/aromatic N) is 3. The predicted molar refractivity (Wildman–Crippen MR) is 96.1 cm³/mol. The number of nitriles is 1. The van der Waals surface area contributed by atoms with Crippen molar-refractivity contribution in [1.29, 1.82) is 5.26 Å². The highest BCUT2D eigenvalue weighted by atomic mass is 15.1. The van der Waals surface area contributed by atoms with E-state index in [1.807, 2.05) is 24.3 Å². The lowest BCUT2D eigenvalue weighted by Gasteiger charge is -2.13. The van der Waals surface area contributed by atoms with E-state index >= 15 is 0 Å². The van der Waals surface area contributed by atoms with Gasteiger partial charge in [0.15, 0.2) is 0 Å². The molecule has 1 aromatic carbocycles. The molecule has 2 N–H and O–H groups in total. The topological polar surface area (TPSA) is 73.6 Å². The highest BCUT2D eigenvalue weighted by molar-refractivity contribution is 5.63. The van der Waals surface area contributed by atoms with Gasteiger partial charge in [0, 0.05) is 12.7 Å². The summed E-state index contributed by atoms with van der Waals surface area (Å²) in [5.74, 6) is 1.28. The summed E-state index contributed by atoms with van der Waals surface area (Å²) in [4.78, 5) is 8.69. The standard InChI is InChI=1S/C19H21N5/c20-14-16-8-4-5-9-17(16)23-19-22-13-11-18(24-19)21-12-10-15-6-2-1-3-7-15/h4-6,8-9,11,13H,1-3,7,10,12H2,(H2,21,22,23,24). The molecule has 5 nitrogen and oxygen atoms in total. The summed E-state index contributed by atoms with van der Waals surface area (Å²) in [6.45, 7) is 0.872. The minimum atomic E-state index is 0.486. The molecular formula is C19H21N5. The molecule has 0 saturated carbocycles. The third-order valence-corrected chi connectivity index (χ3v) is 4.09. The van der Waals surface area contributed by atoms with Crippen LogP contribution in [0.25, 0.3) is 0 Å². The van der Waals surface area contributed by atoms with Crippen molar-refractivity contribution < 1.29 is 0 Å². The molecular weight excluding hydrogens is 298 g/mol. The normalized spacial score (nSPS) is 13.7. The Hall–Kier alpha value is -2.87. The van der Waals surface area contributed by atoms with E-state index in [2.05, 4.69) is 32.7 Å². The smallest absolute Gasteiger partial charge is 0.229 e. The highest BCUT2D eigenvalue weighted by Gasteiger charge is 2.05. The Morgan fingerprint density at radius 1 is 1.17 bits per heavy atom. The highest BCUT2D eigenvalue weighted by Crippen LogP contribution is 2.21. The fourth-order valence-electron chi connectivity index (χ4n) is 2.81. The number of nitrogens with one attached hydrogen (secondary N) is 2. The van der Waals surface area contributed by atoms with Crippen LogP contribution in [-0.2, 0) is 0 Å². The second-order valence-corrected chi connectivity index (χ2v) is 5.83. The number of aromatic nitrogens is 2. The average Bonchev–Trinajstić information content (AvgIpc) is 2.63. The van der Waals surface area contributed by atoms with Crippen LogP contribution in [0.2, 0.25) is 0 Å². The number of hydrogen-bond acceptors (Lipinski definition) is 5. The van der Waals surface area contributed by atoms with Gasteiger partial charge < -0.3 is 10.6 Å². The lowest BCUT2D eigenvalue weighted by Crippen LogP contribution is -2.07. The molecule has 0 atom stereocenters. The third-order valence-electron chi connectivity index (χ3n) is 4.09. The molecule has 1 aliphatic rings. The Balaban J connectivity index is 1.59. The maximum atomic E-state index is 9.14. The van der Waals surface area contributed by atoms with Crippen LogP contribution in [-0.4, -0.2) is 16.5 Å². The van der Waals surface area contributed by atoms with E-state index in [-0.39, 0.29) is 0 Å². The molecule has 5 heteroatoms. The first-order valence-electron chi connectivity index (χ1n) is 8.36. The summed E-state index contributed by atoms with van der Waals surface area (Å²) in [6, 6.07) is 11.3. The van der Waals surface area contributed by atoms with Crippen molar-refractivity contribution in [2.24, 2.45) is 0 Å². The maximum Gasteiger partial charge on any atom is 0.229 e. The zero-order chi connectivity index (χ0) is 16.6. The second-order valence-electron chi connectivity index (χ2n) is 5.83. The van der Waals surface area contributed by atoms with E-state index in [0.29, 0.717) is 17.2 Å². The summed E-state index contributed by atoms with van der Waals surface area (Å²) in [5, 5.41) is 15.6. The lowest BCUT2D eigenvalue weighted by molar-refractivity contribution is 0.679. The second kappa shape index (κ2) is 8.11. The van der Waals surface area contributed by atoms with Crippen molar-refractivity contribution >= 4 is 17.5 Å². The predicted octanol–water partition coefficient (Wildman–Crippen LogP) is 4.39. The summed E-state index contributed by atoms with van der Waals surface area (Å²) < 4.78 is 0. The molecule has 0 spiro atoms. The van der Waals surface area contributed by atoms with Gasteiger partial charge in [0.05, 0.1) is 11.3 Å². The van der Waals surface area contributed by atoms with Crippen LogP contribution in [0.1, 0.15) is 37.7 Å². The molecule has 0 unspecified atom stereocenters. The van der Waals surface area contributed by atoms with Gasteiger partial charge in [-0.25, -0.2) is 4.98 Å². The Bertz CT molecular complexity index is 760. The first kappa shape index (κ1) is 16.0. The van der Waals surface area contributed by atoms with Crippen molar-refractivity contribution in [1.82, 2.24) is 9.97 Å². The first-order valence-corrected chi connectivity index (χ1v) is 8.36. The van der Waals surface area contributed by atoms with Crippen molar-refractivity contribution in [3.05, 3.63) is 53.7 Å². The van der Waals surface area contributed by atoms with Crippen molar-refractivity contribution in [3.63, 3.8) is 0 Å². The summed E-state index contributed by atoms with van der Waals surface area (Å²) in [5.41, 5.74) is 2.83. The fourth-order valence-corrected chi connectivity index (χ4v) is 2.81. The minimum Gasteiger partial charge on any atom is -0.370 e. The molecule has 2 aromatic rings. The van der Waals surface area contributed by atoms with E-state index in [1.54, 1.807) is 17.8 Å². The fraction of sp³-hybridized carbons (Fsp3) is 0.316. The molecule has 24 heavy (non-hydrogen) atoms. The number of allylic oxidation sites excluding steroid dienone is 1. The van der Waals surface area contributed by atoms with Crippen LogP contribution < -0.4 is 10.6 Å². The van der Waals surface area contributed by atoms with E-state index in [0.717, 1.165) is 18.8 Å². The molecule has 1 aromatic heterocycles. The van der Waals surface area contributed by atoms with Gasteiger partial charge in [-0.2, -0.15) is 10.2 Å². The van der Waals surface area contributed by atoms with Gasteiger partial charge in [-0.05, 0) is 50.3 Å². The number of anilines is 3. The molecule has 0 radical (unpaired) electrons. The zero-order valence-electron chi connectivity index (χ0n) is 13.6. The number of rotatable bonds is 6. The average molecular weight is 319 g/mol. The van der Waals surface area contributed by atoms with E-state index in [4.69, 9.17) is 5.26 Å². The largest absolute Gasteiger partial charge is 0.370 e. The molecule has 1 heterocycles. The number of benzene rings is 1. The quantitative estimate of drug-likeness (QED) is 0.772. The first-order chi connectivity index (χ1) is 11.8. The van der Waals surface area contributed by atoms with Crippen molar-refractivity contribution in [2.75, 3.05) is 17.2 Å². The van der Waals surface area contributed by atoms with Gasteiger partial charge in [-0.1, -0.05) is 23.8 Å². The van der Waals surface area contributed by atoms with Gasteiger partial charge >= 0.3 is 0 Å². The lowest BCUT2D eigenvalue weighted by atomic mass is 9.97. The number of hydrogen-bond donors (Lipinski definition) is 2. The van der Waals surface area contributed by atoms with Gasteiger partial charge in [0.2, 0.25) is 5.95 Å². The van der Waals surface area contributed by atoms with Crippen LogP contribution in [0.3, 0.4) is 0 Å². The van der Waals surface area contributed by atoms with E-state index in [9.17, 15) is 0 Å². The summed E-state index contributed by atoms with van der Waals surface area (Å²) in [7, 11) is 0. The van der Waals surface area contributed by atoms with Crippen LogP contribution >= 0.6 is 0 Å². The minimum absolute atomic E-state index is 0.486. The Labute approximate surface area is 142 Å². The Kier molecular flexibility index (Phi) is 5.41. The van der Waals surface area contributed by atoms with Crippen LogP contribution in [0.15, 0.2) is 48.2 Å². The maximum absolute atomic E-state index is 9.14. The third kappa shape index (κ3) is 4.32. The monoisotopic (exact) mass is 319 g/mol. The molecule has 0 bridgehead atoms. The molecule has 1 aliphatic carbocycles. The van der Waals surface area contributed by atoms with Crippen molar-refractivity contribution in [3.8, 4) is 6.07 Å². The summed E-state index contributed by atoms with van der Waals surface area (Å²) in [6.07, 6.45) is 10.2. The molecule has 0 amide bonds. The van der Waals surface area contributed by atoms with Gasteiger partial charge in [0.25, 0.3) is 0 Å². The Morgan fingerprint density at radius 2 is 2.08 bits per heavy atom. The molecule has 3 rings (SSSR count). The van der Waals surface area contributed by atoms with Crippen LogP contribution in [0, 0.1) is 11.3 Å². The van der Waals surface area contributed by atoms with Crippen molar-refractivity contribution in [2.45, 2.75) is 32.1 Å². The van der Waals surface area contributed by atoms with E-state index < -0.39 is 0 Å². The Morgan fingerprint density at radius 3 is 2.92 bits per heavy atom. The van der Waals surface area contributed by atoms with E-state index in [1.165, 1.54) is 25.7 Å². The van der Waals surface area contributed by atoms with Gasteiger partial charge in [-0.3, -0.25) is 0 Å². The molecule has 0 saturated heterocycles. The molecule has 122 valence electrons. The van der Waals surface area contributed by atoms with Gasteiger partial charge in [0.1, 0.15) is 11.9 Å². The SMILES string of the molecule is N#Cc1ccccc1Nc1nccc(NCCC2=CCCCC2)n1. The summed E-state index contributed by atoms with van der Waals surface area (Å²) >= 11 is 0. The number of para-hydroxylation sites is 1. The molecule has 0 fully saturated rings. The molecule has 0 aliphatic heterocycles. The van der Waals surface area contributed by atoms with Crippen LogP contribution in [0.5, 0.6) is 0 Å². The zero-order valence-corrected chi connectivity index (χ0v) is 13.6.